The molecule has 0 saturated carbocycles. The van der Waals surface area contributed by atoms with Gasteiger partial charge in [0.25, 0.3) is 0 Å². The Morgan fingerprint density at radius 2 is 0.816 bits per heavy atom. The third kappa shape index (κ3) is 4.63. The Labute approximate surface area is 293 Å². The fourth-order valence-electron chi connectivity index (χ4n) is 7.81. The van der Waals surface area contributed by atoms with Gasteiger partial charge in [-0.2, -0.15) is 0 Å². The van der Waals surface area contributed by atoms with E-state index in [4.69, 9.17) is 0 Å². The SMILES string of the molecule is c1ccc(-c2cccc3cccc(-c4ccc(C(c5cccc6c5sc5ccccc56)c5cccc6c5sc5ccccc56)cc4)c23)cc1. The zero-order chi connectivity index (χ0) is 32.3. The first kappa shape index (κ1) is 28.5. The topological polar surface area (TPSA) is 0 Å². The Morgan fingerprint density at radius 3 is 1.39 bits per heavy atom. The summed E-state index contributed by atoms with van der Waals surface area (Å²) in [6, 6.07) is 65.0. The third-order valence-electron chi connectivity index (χ3n) is 10.0. The average molecular weight is 659 g/mol. The van der Waals surface area contributed by atoms with Gasteiger partial charge in [-0.05, 0) is 61.8 Å². The maximum atomic E-state index is 2.38. The summed E-state index contributed by atoms with van der Waals surface area (Å²) in [5, 5.41) is 7.91. The van der Waals surface area contributed by atoms with Gasteiger partial charge in [0, 0.05) is 46.3 Å². The van der Waals surface area contributed by atoms with Gasteiger partial charge < -0.3 is 0 Å². The monoisotopic (exact) mass is 658 g/mol. The highest BCUT2D eigenvalue weighted by molar-refractivity contribution is 7.26. The molecule has 0 N–H and O–H groups in total. The van der Waals surface area contributed by atoms with E-state index in [-0.39, 0.29) is 5.92 Å². The van der Waals surface area contributed by atoms with Gasteiger partial charge in [-0.1, -0.05) is 164 Å². The Bertz CT molecular complexity index is 2700. The summed E-state index contributed by atoms with van der Waals surface area (Å²) in [7, 11) is 0. The summed E-state index contributed by atoms with van der Waals surface area (Å²) in [5.74, 6) is 0.0787. The van der Waals surface area contributed by atoms with Crippen LogP contribution in [0.15, 0.2) is 176 Å². The molecule has 0 aliphatic rings. The number of thiophene rings is 2. The molecule has 49 heavy (non-hydrogen) atoms. The van der Waals surface area contributed by atoms with Crippen molar-refractivity contribution in [2.24, 2.45) is 0 Å². The predicted molar refractivity (Wildman–Crippen MR) is 214 cm³/mol. The number of hydrogen-bond donors (Lipinski definition) is 0. The van der Waals surface area contributed by atoms with Crippen LogP contribution < -0.4 is 0 Å². The number of hydrogen-bond acceptors (Lipinski definition) is 2. The minimum absolute atomic E-state index is 0.0787. The molecule has 0 fully saturated rings. The summed E-state index contributed by atoms with van der Waals surface area (Å²) in [6.45, 7) is 0. The van der Waals surface area contributed by atoms with Crippen molar-refractivity contribution in [1.82, 2.24) is 0 Å². The maximum absolute atomic E-state index is 2.38. The van der Waals surface area contributed by atoms with E-state index in [9.17, 15) is 0 Å². The molecule has 0 amide bonds. The molecule has 2 heteroatoms. The van der Waals surface area contributed by atoms with E-state index >= 15 is 0 Å². The zero-order valence-corrected chi connectivity index (χ0v) is 28.3. The second-order valence-electron chi connectivity index (χ2n) is 12.8. The summed E-state index contributed by atoms with van der Waals surface area (Å²) in [6.07, 6.45) is 0. The minimum atomic E-state index is 0.0787. The lowest BCUT2D eigenvalue weighted by molar-refractivity contribution is 1.01. The van der Waals surface area contributed by atoms with Crippen molar-refractivity contribution < 1.29 is 0 Å². The maximum Gasteiger partial charge on any atom is 0.0397 e. The molecule has 230 valence electrons. The van der Waals surface area contributed by atoms with Crippen LogP contribution in [0, 0.1) is 0 Å². The molecule has 0 saturated heterocycles. The van der Waals surface area contributed by atoms with Crippen LogP contribution in [-0.4, -0.2) is 0 Å². The Kier molecular flexibility index (Phi) is 6.72. The molecule has 2 aromatic heterocycles. The van der Waals surface area contributed by atoms with Crippen molar-refractivity contribution in [3.8, 4) is 22.3 Å². The zero-order valence-electron chi connectivity index (χ0n) is 26.6. The predicted octanol–water partition coefficient (Wildman–Crippen LogP) is 14.1. The lowest BCUT2D eigenvalue weighted by atomic mass is 9.83. The van der Waals surface area contributed by atoms with Crippen molar-refractivity contribution in [2.75, 3.05) is 0 Å². The summed E-state index contributed by atoms with van der Waals surface area (Å²) >= 11 is 3.84. The van der Waals surface area contributed by atoms with Crippen LogP contribution in [0.2, 0.25) is 0 Å². The van der Waals surface area contributed by atoms with E-state index in [1.165, 1.54) is 90.1 Å². The van der Waals surface area contributed by atoms with Crippen molar-refractivity contribution in [2.45, 2.75) is 5.92 Å². The number of rotatable bonds is 5. The van der Waals surface area contributed by atoms with Crippen molar-refractivity contribution >= 4 is 73.8 Å². The molecule has 10 aromatic rings. The summed E-state index contributed by atoms with van der Waals surface area (Å²) < 4.78 is 5.42. The second kappa shape index (κ2) is 11.6. The van der Waals surface area contributed by atoms with Crippen LogP contribution in [0.5, 0.6) is 0 Å². The number of benzene rings is 8. The summed E-state index contributed by atoms with van der Waals surface area (Å²) in [4.78, 5) is 0. The van der Waals surface area contributed by atoms with Gasteiger partial charge in [0.2, 0.25) is 0 Å². The molecule has 8 aromatic carbocycles. The van der Waals surface area contributed by atoms with Crippen LogP contribution >= 0.6 is 22.7 Å². The molecule has 0 nitrogen and oxygen atoms in total. The molecule has 0 atom stereocenters. The van der Waals surface area contributed by atoms with Crippen LogP contribution in [0.4, 0.5) is 0 Å². The Hall–Kier alpha value is -5.54. The molecule has 0 aliphatic heterocycles. The third-order valence-corrected chi connectivity index (χ3v) is 12.5. The lowest BCUT2D eigenvalue weighted by Gasteiger charge is -2.21. The Balaban J connectivity index is 1.19. The smallest absolute Gasteiger partial charge is 0.0397 e. The molecule has 0 spiro atoms. The standard InChI is InChI=1S/C47H30S2/c1-2-12-30(13-3-1)34-18-8-14-32-15-9-19-35(44(32)34)31-26-28-33(29-27-31)45(40-22-10-20-38-36-16-4-6-24-42(36)48-46(38)40)41-23-11-21-39-37-17-5-7-25-43(37)49-47(39)41/h1-29,45H. The van der Waals surface area contributed by atoms with Gasteiger partial charge in [-0.3, -0.25) is 0 Å². The largest absolute Gasteiger partial charge is 0.135 e. The van der Waals surface area contributed by atoms with Crippen LogP contribution in [0.1, 0.15) is 22.6 Å². The molecule has 0 bridgehead atoms. The first-order valence-electron chi connectivity index (χ1n) is 16.8. The quantitative estimate of drug-likeness (QED) is 0.161. The molecule has 0 unspecified atom stereocenters. The van der Waals surface area contributed by atoms with E-state index < -0.39 is 0 Å². The van der Waals surface area contributed by atoms with E-state index in [1.54, 1.807) is 0 Å². The van der Waals surface area contributed by atoms with Crippen LogP contribution in [0.25, 0.3) is 73.4 Å². The average Bonchev–Trinajstić information content (AvgIpc) is 3.75. The highest BCUT2D eigenvalue weighted by Gasteiger charge is 2.24. The highest BCUT2D eigenvalue weighted by Crippen LogP contribution is 2.47. The fraction of sp³-hybridized carbons (Fsp3) is 0.0213. The fourth-order valence-corrected chi connectivity index (χ4v) is 10.3. The molecule has 2 heterocycles. The van der Waals surface area contributed by atoms with E-state index in [0.717, 1.165) is 0 Å². The van der Waals surface area contributed by atoms with Gasteiger partial charge in [-0.15, -0.1) is 22.7 Å². The summed E-state index contributed by atoms with van der Waals surface area (Å²) in [5.41, 5.74) is 9.05. The normalized spacial score (nSPS) is 11.9. The van der Waals surface area contributed by atoms with E-state index in [1.807, 2.05) is 22.7 Å². The molecular weight excluding hydrogens is 629 g/mol. The van der Waals surface area contributed by atoms with Crippen LogP contribution in [-0.2, 0) is 0 Å². The van der Waals surface area contributed by atoms with Crippen molar-refractivity contribution in [3.05, 3.63) is 193 Å². The van der Waals surface area contributed by atoms with E-state index in [0.29, 0.717) is 0 Å². The molecular formula is C47H30S2. The first-order valence-corrected chi connectivity index (χ1v) is 18.4. The molecule has 0 aliphatic carbocycles. The van der Waals surface area contributed by atoms with Gasteiger partial charge >= 0.3 is 0 Å². The second-order valence-corrected chi connectivity index (χ2v) is 14.9. The van der Waals surface area contributed by atoms with Gasteiger partial charge in [-0.25, -0.2) is 0 Å². The van der Waals surface area contributed by atoms with Gasteiger partial charge in [0.05, 0.1) is 0 Å². The first-order chi connectivity index (χ1) is 24.3. The highest BCUT2D eigenvalue weighted by atomic mass is 32.1. The van der Waals surface area contributed by atoms with Crippen molar-refractivity contribution in [1.29, 1.82) is 0 Å². The van der Waals surface area contributed by atoms with Gasteiger partial charge in [0.15, 0.2) is 0 Å². The van der Waals surface area contributed by atoms with Gasteiger partial charge in [0.1, 0.15) is 0 Å². The minimum Gasteiger partial charge on any atom is -0.135 e. The number of fused-ring (bicyclic) bond motifs is 7. The molecule has 10 rings (SSSR count). The van der Waals surface area contributed by atoms with Crippen LogP contribution in [0.3, 0.4) is 0 Å². The molecule has 0 radical (unpaired) electrons. The Morgan fingerprint density at radius 1 is 0.347 bits per heavy atom. The lowest BCUT2D eigenvalue weighted by Crippen LogP contribution is -2.04. The van der Waals surface area contributed by atoms with Crippen molar-refractivity contribution in [3.63, 3.8) is 0 Å². The van der Waals surface area contributed by atoms with E-state index in [2.05, 4.69) is 176 Å².